The first-order valence-corrected chi connectivity index (χ1v) is 8.53. The summed E-state index contributed by atoms with van der Waals surface area (Å²) in [5.74, 6) is -0.471. The fourth-order valence-corrected chi connectivity index (χ4v) is 4.40. The predicted octanol–water partition coefficient (Wildman–Crippen LogP) is 2.39. The zero-order valence-electron chi connectivity index (χ0n) is 12.6. The van der Waals surface area contributed by atoms with Gasteiger partial charge in [0.15, 0.2) is 0 Å². The molecule has 0 saturated carbocycles. The summed E-state index contributed by atoms with van der Waals surface area (Å²) in [5.41, 5.74) is -0.397. The third-order valence-electron chi connectivity index (χ3n) is 3.92. The lowest BCUT2D eigenvalue weighted by Gasteiger charge is -2.35. The fraction of sp³-hybridized carbons (Fsp3) is 0.600. The monoisotopic (exact) mass is 315 g/mol. The van der Waals surface area contributed by atoms with Crippen molar-refractivity contribution in [1.82, 2.24) is 4.31 Å². The second-order valence-electron chi connectivity index (χ2n) is 6.59. The lowest BCUT2D eigenvalue weighted by Crippen LogP contribution is -2.47. The van der Waals surface area contributed by atoms with E-state index in [-0.39, 0.29) is 4.90 Å². The minimum absolute atomic E-state index is 0.0666. The van der Waals surface area contributed by atoms with Crippen LogP contribution in [0.5, 0.6) is 0 Å². The van der Waals surface area contributed by atoms with Crippen molar-refractivity contribution in [3.8, 4) is 0 Å². The summed E-state index contributed by atoms with van der Waals surface area (Å²) in [7, 11) is -3.70. The number of aliphatic hydroxyl groups is 1. The van der Waals surface area contributed by atoms with Gasteiger partial charge in [0.25, 0.3) is 0 Å². The summed E-state index contributed by atoms with van der Waals surface area (Å²) in [6, 6.07) is 4.38. The van der Waals surface area contributed by atoms with Crippen molar-refractivity contribution in [2.75, 3.05) is 6.54 Å². The number of halogens is 1. The molecule has 1 heterocycles. The normalized spacial score (nSPS) is 22.4. The Hall–Kier alpha value is -0.980. The van der Waals surface area contributed by atoms with Crippen molar-refractivity contribution in [1.29, 1.82) is 0 Å². The van der Waals surface area contributed by atoms with E-state index < -0.39 is 33.4 Å². The van der Waals surface area contributed by atoms with E-state index >= 15 is 0 Å². The Morgan fingerprint density at radius 3 is 2.38 bits per heavy atom. The van der Waals surface area contributed by atoms with Crippen molar-refractivity contribution in [2.45, 2.75) is 50.7 Å². The summed E-state index contributed by atoms with van der Waals surface area (Å²) in [5, 5.41) is 10.4. The molecule has 2 unspecified atom stereocenters. The van der Waals surface area contributed by atoms with Gasteiger partial charge in [-0.15, -0.1) is 0 Å². The fourth-order valence-electron chi connectivity index (χ4n) is 2.70. The van der Waals surface area contributed by atoms with E-state index in [1.807, 2.05) is 20.8 Å². The molecule has 1 aromatic carbocycles. The van der Waals surface area contributed by atoms with E-state index in [2.05, 4.69) is 0 Å². The van der Waals surface area contributed by atoms with Gasteiger partial charge in [-0.05, 0) is 42.5 Å². The first-order chi connectivity index (χ1) is 9.64. The summed E-state index contributed by atoms with van der Waals surface area (Å²) < 4.78 is 39.7. The van der Waals surface area contributed by atoms with Gasteiger partial charge < -0.3 is 5.11 Å². The van der Waals surface area contributed by atoms with Gasteiger partial charge in [0.1, 0.15) is 5.82 Å². The predicted molar refractivity (Wildman–Crippen MR) is 78.8 cm³/mol. The molecule has 1 saturated heterocycles. The largest absolute Gasteiger partial charge is 0.391 e. The van der Waals surface area contributed by atoms with Gasteiger partial charge in [0.2, 0.25) is 10.0 Å². The number of rotatable bonds is 3. The Kier molecular flexibility index (Phi) is 4.42. The van der Waals surface area contributed by atoms with Gasteiger partial charge in [0.05, 0.1) is 17.0 Å². The van der Waals surface area contributed by atoms with Gasteiger partial charge in [-0.1, -0.05) is 20.8 Å². The summed E-state index contributed by atoms with van der Waals surface area (Å²) in [6.45, 7) is 6.05. The Morgan fingerprint density at radius 1 is 1.29 bits per heavy atom. The van der Waals surface area contributed by atoms with Crippen LogP contribution in [-0.4, -0.2) is 36.5 Å². The SMILES string of the molecule is CC(C)(C)C(O)C1CCCN1S(=O)(=O)c1ccc(F)cc1. The van der Waals surface area contributed by atoms with Crippen molar-refractivity contribution >= 4 is 10.0 Å². The average Bonchev–Trinajstić information content (AvgIpc) is 2.87. The van der Waals surface area contributed by atoms with Gasteiger partial charge >= 0.3 is 0 Å². The lowest BCUT2D eigenvalue weighted by molar-refractivity contribution is 0.0156. The number of hydrogen-bond acceptors (Lipinski definition) is 3. The standard InChI is InChI=1S/C15H22FNO3S/c1-15(2,3)14(18)13-5-4-10-17(13)21(19,20)12-8-6-11(16)7-9-12/h6-9,13-14,18H,4-5,10H2,1-3H3. The van der Waals surface area contributed by atoms with Crippen LogP contribution in [0.15, 0.2) is 29.2 Å². The number of benzene rings is 1. The molecular weight excluding hydrogens is 293 g/mol. The molecule has 0 aliphatic carbocycles. The molecule has 1 fully saturated rings. The number of nitrogens with zero attached hydrogens (tertiary/aromatic N) is 1. The van der Waals surface area contributed by atoms with Gasteiger partial charge in [-0.25, -0.2) is 12.8 Å². The number of hydrogen-bond donors (Lipinski definition) is 1. The molecule has 1 aliphatic heterocycles. The molecule has 4 nitrogen and oxygen atoms in total. The van der Waals surface area contributed by atoms with E-state index in [1.165, 1.54) is 16.4 Å². The topological polar surface area (TPSA) is 57.6 Å². The van der Waals surface area contributed by atoms with Gasteiger partial charge in [-0.2, -0.15) is 4.31 Å². The minimum atomic E-state index is -3.70. The smallest absolute Gasteiger partial charge is 0.243 e. The molecule has 0 amide bonds. The summed E-state index contributed by atoms with van der Waals surface area (Å²) in [4.78, 5) is 0.0666. The molecular formula is C15H22FNO3S. The highest BCUT2D eigenvalue weighted by Gasteiger charge is 2.42. The summed E-state index contributed by atoms with van der Waals surface area (Å²) >= 11 is 0. The molecule has 0 radical (unpaired) electrons. The lowest BCUT2D eigenvalue weighted by atomic mass is 9.84. The van der Waals surface area contributed by atoms with Crippen molar-refractivity contribution in [3.63, 3.8) is 0 Å². The second kappa shape index (κ2) is 5.66. The van der Waals surface area contributed by atoms with Crippen LogP contribution in [0, 0.1) is 11.2 Å². The van der Waals surface area contributed by atoms with E-state index in [4.69, 9.17) is 0 Å². The Bertz CT molecular complexity index is 592. The highest BCUT2D eigenvalue weighted by Crippen LogP contribution is 2.34. The van der Waals surface area contributed by atoms with Crippen molar-refractivity contribution in [2.24, 2.45) is 5.41 Å². The second-order valence-corrected chi connectivity index (χ2v) is 8.48. The maximum atomic E-state index is 13.0. The van der Waals surface area contributed by atoms with Crippen LogP contribution in [0.4, 0.5) is 4.39 Å². The first kappa shape index (κ1) is 16.4. The molecule has 21 heavy (non-hydrogen) atoms. The van der Waals surface area contributed by atoms with Crippen LogP contribution >= 0.6 is 0 Å². The van der Waals surface area contributed by atoms with E-state index in [1.54, 1.807) is 0 Å². The zero-order chi connectivity index (χ0) is 15.8. The van der Waals surface area contributed by atoms with Gasteiger partial charge in [0, 0.05) is 6.54 Å². The van der Waals surface area contributed by atoms with Crippen molar-refractivity contribution in [3.05, 3.63) is 30.1 Å². The van der Waals surface area contributed by atoms with Gasteiger partial charge in [-0.3, -0.25) is 0 Å². The maximum absolute atomic E-state index is 13.0. The Labute approximate surface area is 125 Å². The minimum Gasteiger partial charge on any atom is -0.391 e. The zero-order valence-corrected chi connectivity index (χ0v) is 13.4. The average molecular weight is 315 g/mol. The Morgan fingerprint density at radius 2 is 1.86 bits per heavy atom. The summed E-state index contributed by atoms with van der Waals surface area (Å²) in [6.07, 6.45) is 0.618. The molecule has 1 aliphatic rings. The van der Waals surface area contributed by atoms with Crippen molar-refractivity contribution < 1.29 is 17.9 Å². The molecule has 1 N–H and O–H groups in total. The first-order valence-electron chi connectivity index (χ1n) is 7.09. The van der Waals surface area contributed by atoms with E-state index in [0.29, 0.717) is 13.0 Å². The third-order valence-corrected chi connectivity index (χ3v) is 5.86. The van der Waals surface area contributed by atoms with E-state index in [9.17, 15) is 17.9 Å². The molecule has 2 rings (SSSR count). The molecule has 0 bridgehead atoms. The number of sulfonamides is 1. The molecule has 0 aromatic heterocycles. The molecule has 118 valence electrons. The Balaban J connectivity index is 2.33. The molecule has 1 aromatic rings. The van der Waals surface area contributed by atoms with Crippen LogP contribution < -0.4 is 0 Å². The molecule has 2 atom stereocenters. The third kappa shape index (κ3) is 3.27. The van der Waals surface area contributed by atoms with Crippen LogP contribution in [0.2, 0.25) is 0 Å². The van der Waals surface area contributed by atoms with Crippen LogP contribution in [0.3, 0.4) is 0 Å². The molecule has 0 spiro atoms. The number of aliphatic hydroxyl groups excluding tert-OH is 1. The highest BCUT2D eigenvalue weighted by atomic mass is 32.2. The molecule has 6 heteroatoms. The quantitative estimate of drug-likeness (QED) is 0.932. The van der Waals surface area contributed by atoms with Crippen LogP contribution in [0.25, 0.3) is 0 Å². The van der Waals surface area contributed by atoms with Crippen LogP contribution in [-0.2, 0) is 10.0 Å². The highest BCUT2D eigenvalue weighted by molar-refractivity contribution is 7.89. The van der Waals surface area contributed by atoms with Crippen LogP contribution in [0.1, 0.15) is 33.6 Å². The van der Waals surface area contributed by atoms with E-state index in [0.717, 1.165) is 18.6 Å². The maximum Gasteiger partial charge on any atom is 0.243 e.